The summed E-state index contributed by atoms with van der Waals surface area (Å²) >= 11 is 0. The first kappa shape index (κ1) is 22.1. The Morgan fingerprint density at radius 2 is 1.20 bits per heavy atom. The minimum absolute atomic E-state index is 0.121. The highest BCUT2D eigenvalue weighted by Crippen LogP contribution is 2.57. The lowest BCUT2D eigenvalue weighted by molar-refractivity contribution is 0.191. The molecule has 0 heterocycles. The minimum Gasteiger partial charge on any atom is -0.303 e. The predicted molar refractivity (Wildman–Crippen MR) is 67.3 cm³/mol. The molecule has 20 heavy (non-hydrogen) atoms. The maximum atomic E-state index is 10.6. The molecule has 0 aliphatic carbocycles. The fourth-order valence-electron chi connectivity index (χ4n) is 0.455. The van der Waals surface area contributed by atoms with Gasteiger partial charge in [0, 0.05) is 0 Å². The Morgan fingerprint density at radius 1 is 0.800 bits per heavy atom. The third-order valence-electron chi connectivity index (χ3n) is 0.926. The average molecular weight is 356 g/mol. The first-order chi connectivity index (χ1) is 8.83. The van der Waals surface area contributed by atoms with Gasteiger partial charge in [-0.15, -0.1) is 13.2 Å². The molecule has 5 N–H and O–H groups in total. The Kier molecular flexibility index (Phi) is 10.8. The number of hydrogen-bond acceptors (Lipinski definition) is 6. The van der Waals surface area contributed by atoms with Crippen LogP contribution >= 0.6 is 23.5 Å². The molecule has 0 amide bonds. The molecule has 0 spiro atoms. The van der Waals surface area contributed by atoms with Crippen molar-refractivity contribution in [3.05, 3.63) is 25.3 Å². The van der Waals surface area contributed by atoms with E-state index in [1.165, 1.54) is 6.08 Å². The summed E-state index contributed by atoms with van der Waals surface area (Å²) in [5, 5.41) is 0. The molecule has 120 valence electrons. The number of hydrogen-bond donors (Lipinski definition) is 5. The van der Waals surface area contributed by atoms with Gasteiger partial charge in [-0.25, -0.2) is 13.7 Å². The molecule has 0 fully saturated rings. The normalized spacial score (nSPS) is 14.7. The summed E-state index contributed by atoms with van der Waals surface area (Å²) in [4.78, 5) is 40.7. The van der Waals surface area contributed by atoms with Crippen LogP contribution in [-0.4, -0.2) is 37.7 Å². The Labute approximate surface area is 114 Å². The van der Waals surface area contributed by atoms with Gasteiger partial charge < -0.3 is 24.5 Å². The van der Waals surface area contributed by atoms with Crippen molar-refractivity contribution in [2.75, 3.05) is 13.2 Å². The zero-order chi connectivity index (χ0) is 16.4. The van der Waals surface area contributed by atoms with E-state index in [2.05, 4.69) is 26.5 Å². The summed E-state index contributed by atoms with van der Waals surface area (Å²) < 4.78 is 41.8. The first-order valence-electron chi connectivity index (χ1n) is 4.49. The largest absolute Gasteiger partial charge is 0.481 e. The van der Waals surface area contributed by atoms with Crippen LogP contribution in [0, 0.1) is 0 Å². The Morgan fingerprint density at radius 3 is 1.45 bits per heavy atom. The van der Waals surface area contributed by atoms with Crippen LogP contribution in [0.3, 0.4) is 0 Å². The summed E-state index contributed by atoms with van der Waals surface area (Å²) in [6.07, 6.45) is 2.39. The predicted octanol–water partition coefficient (Wildman–Crippen LogP) is 0.680. The van der Waals surface area contributed by atoms with Crippen molar-refractivity contribution in [3.8, 4) is 0 Å². The molecule has 0 aliphatic heterocycles. The van der Waals surface area contributed by atoms with Gasteiger partial charge in [-0.05, 0) is 0 Å². The van der Waals surface area contributed by atoms with E-state index >= 15 is 0 Å². The minimum atomic E-state index is -5.00. The topological polar surface area (TPSA) is 180 Å². The SMILES string of the molecule is C=CCOP(=O)(O)O.C=CCOP(=O)(O)OP(=O)(O)O. The second-order valence-electron chi connectivity index (χ2n) is 2.70. The lowest BCUT2D eigenvalue weighted by atomic mass is 10.7. The van der Waals surface area contributed by atoms with Gasteiger partial charge in [0.05, 0.1) is 13.2 Å². The Balaban J connectivity index is 0. The zero-order valence-corrected chi connectivity index (χ0v) is 12.7. The standard InChI is InChI=1S/C3H8O7P2.C3H7O4P/c1-2-3-9-12(7,8)10-11(4,5)6;1-2-3-7-8(4,5)6/h2H,1,3H2,(H,7,8)(H2,4,5,6);2H,1,3H2,(H2,4,5,6). The molecule has 0 bridgehead atoms. The maximum absolute atomic E-state index is 10.6. The fraction of sp³-hybridized carbons (Fsp3) is 0.333. The van der Waals surface area contributed by atoms with Crippen molar-refractivity contribution >= 4 is 23.5 Å². The molecule has 0 aromatic rings. The van der Waals surface area contributed by atoms with E-state index in [0.717, 1.165) is 6.08 Å². The zero-order valence-electron chi connectivity index (χ0n) is 10.0. The van der Waals surface area contributed by atoms with E-state index in [4.69, 9.17) is 24.5 Å². The summed E-state index contributed by atoms with van der Waals surface area (Å²) in [6, 6.07) is 0. The third-order valence-corrected chi connectivity index (χ3v) is 3.56. The highest BCUT2D eigenvalue weighted by Gasteiger charge is 2.31. The second kappa shape index (κ2) is 9.73. The number of phosphoric acid groups is 3. The maximum Gasteiger partial charge on any atom is 0.481 e. The van der Waals surface area contributed by atoms with Gasteiger partial charge in [0.25, 0.3) is 0 Å². The van der Waals surface area contributed by atoms with E-state index in [0.29, 0.717) is 0 Å². The quantitative estimate of drug-likeness (QED) is 0.305. The van der Waals surface area contributed by atoms with Gasteiger partial charge >= 0.3 is 23.5 Å². The molecule has 11 nitrogen and oxygen atoms in total. The van der Waals surface area contributed by atoms with E-state index in [1.54, 1.807) is 0 Å². The summed E-state index contributed by atoms with van der Waals surface area (Å²) in [6.45, 7) is 5.89. The molecule has 0 saturated heterocycles. The van der Waals surface area contributed by atoms with Gasteiger partial charge in [0.15, 0.2) is 0 Å². The van der Waals surface area contributed by atoms with Crippen LogP contribution in [0.15, 0.2) is 25.3 Å². The number of rotatable bonds is 8. The van der Waals surface area contributed by atoms with Crippen molar-refractivity contribution in [3.63, 3.8) is 0 Å². The van der Waals surface area contributed by atoms with Crippen LogP contribution in [0.2, 0.25) is 0 Å². The highest BCUT2D eigenvalue weighted by atomic mass is 31.3. The monoisotopic (exact) mass is 356 g/mol. The molecule has 0 saturated carbocycles. The van der Waals surface area contributed by atoms with Crippen molar-refractivity contribution in [2.45, 2.75) is 0 Å². The fourth-order valence-corrected chi connectivity index (χ4v) is 2.31. The van der Waals surface area contributed by atoms with Gasteiger partial charge in [-0.1, -0.05) is 12.2 Å². The average Bonchev–Trinajstić information content (AvgIpc) is 2.20. The first-order valence-corrected chi connectivity index (χ1v) is 9.04. The molecule has 1 atom stereocenters. The van der Waals surface area contributed by atoms with E-state index < -0.39 is 23.5 Å². The van der Waals surface area contributed by atoms with Crippen LogP contribution in [0.4, 0.5) is 0 Å². The Hall–Kier alpha value is -0.150. The summed E-state index contributed by atoms with van der Waals surface area (Å²) in [5.74, 6) is 0. The van der Waals surface area contributed by atoms with E-state index in [9.17, 15) is 13.7 Å². The summed E-state index contributed by atoms with van der Waals surface area (Å²) in [7, 11) is -13.9. The molecule has 14 heteroatoms. The summed E-state index contributed by atoms with van der Waals surface area (Å²) in [5.41, 5.74) is 0. The van der Waals surface area contributed by atoms with Crippen molar-refractivity contribution < 1.29 is 51.5 Å². The van der Waals surface area contributed by atoms with Crippen molar-refractivity contribution in [2.24, 2.45) is 0 Å². The molecule has 0 radical (unpaired) electrons. The molecular formula is C6H15O11P3. The van der Waals surface area contributed by atoms with Gasteiger partial charge in [0.2, 0.25) is 0 Å². The van der Waals surface area contributed by atoms with E-state index in [1.807, 2.05) is 0 Å². The molecule has 0 aromatic heterocycles. The van der Waals surface area contributed by atoms with Crippen LogP contribution in [0.5, 0.6) is 0 Å². The van der Waals surface area contributed by atoms with Crippen LogP contribution in [-0.2, 0) is 27.1 Å². The second-order valence-corrected chi connectivity index (χ2v) is 6.77. The third kappa shape index (κ3) is 20.2. The van der Waals surface area contributed by atoms with Crippen molar-refractivity contribution in [1.29, 1.82) is 0 Å². The Bertz CT molecular complexity index is 433. The molecular weight excluding hydrogens is 341 g/mol. The van der Waals surface area contributed by atoms with E-state index in [-0.39, 0.29) is 13.2 Å². The molecule has 1 unspecified atom stereocenters. The molecule has 0 aliphatic rings. The molecule has 0 aromatic carbocycles. The van der Waals surface area contributed by atoms with Crippen LogP contribution in [0.1, 0.15) is 0 Å². The highest BCUT2D eigenvalue weighted by molar-refractivity contribution is 7.60. The number of phosphoric ester groups is 2. The lowest BCUT2D eigenvalue weighted by Crippen LogP contribution is -1.93. The van der Waals surface area contributed by atoms with Gasteiger partial charge in [-0.2, -0.15) is 4.31 Å². The smallest absolute Gasteiger partial charge is 0.303 e. The van der Waals surface area contributed by atoms with Gasteiger partial charge in [0.1, 0.15) is 0 Å². The van der Waals surface area contributed by atoms with Crippen molar-refractivity contribution in [1.82, 2.24) is 0 Å². The van der Waals surface area contributed by atoms with Gasteiger partial charge in [-0.3, -0.25) is 9.05 Å². The molecule has 0 rings (SSSR count). The van der Waals surface area contributed by atoms with Crippen LogP contribution in [0.25, 0.3) is 0 Å². The lowest BCUT2D eigenvalue weighted by Gasteiger charge is -2.10. The van der Waals surface area contributed by atoms with Crippen LogP contribution < -0.4 is 0 Å².